The van der Waals surface area contributed by atoms with Gasteiger partial charge in [-0.15, -0.1) is 0 Å². The molecule has 6 heteroatoms. The van der Waals surface area contributed by atoms with Crippen LogP contribution in [0.25, 0.3) is 0 Å². The molecule has 0 aromatic rings. The van der Waals surface area contributed by atoms with Gasteiger partial charge in [-0.05, 0) is 6.92 Å². The molecule has 50 valence electrons. The zero-order valence-electron chi connectivity index (χ0n) is 4.81. The number of aliphatic hydroxyl groups excluding tert-OH is 1. The summed E-state index contributed by atoms with van der Waals surface area (Å²) in [4.78, 5) is 0. The molecule has 0 atom stereocenters. The second kappa shape index (κ2) is 63.1. The van der Waals surface area contributed by atoms with Gasteiger partial charge < -0.3 is 21.5 Å². The zero-order valence-corrected chi connectivity index (χ0v) is 10.5. The Bertz CT molecular complexity index is 12.0. The van der Waals surface area contributed by atoms with E-state index in [1.165, 1.54) is 0 Å². The van der Waals surface area contributed by atoms with E-state index in [1.54, 1.807) is 6.92 Å². The Morgan fingerprint density at radius 2 is 1.00 bits per heavy atom. The van der Waals surface area contributed by atoms with E-state index in [1.807, 2.05) is 0 Å². The van der Waals surface area contributed by atoms with E-state index in [2.05, 4.69) is 0 Å². The van der Waals surface area contributed by atoms with Crippen molar-refractivity contribution in [3.63, 3.8) is 0 Å². The van der Waals surface area contributed by atoms with E-state index in [9.17, 15) is 0 Å². The summed E-state index contributed by atoms with van der Waals surface area (Å²) in [5.41, 5.74) is 0. The molecule has 8 heavy (non-hydrogen) atoms. The Kier molecular flexibility index (Phi) is 396. The summed E-state index contributed by atoms with van der Waals surface area (Å²) in [5, 5.41) is 7.57. The van der Waals surface area contributed by atoms with Gasteiger partial charge in [0.25, 0.3) is 0 Å². The summed E-state index contributed by atoms with van der Waals surface area (Å²) >= 11 is 0. The van der Waals surface area contributed by atoms with Gasteiger partial charge in [-0.1, -0.05) is 0 Å². The molecule has 0 fully saturated rings. The minimum Gasteiger partial charge on any atom is -0.412 e. The van der Waals surface area contributed by atoms with Crippen molar-refractivity contribution in [3.8, 4) is 0 Å². The summed E-state index contributed by atoms with van der Waals surface area (Å²) in [6.45, 7) is 1.93. The molecular formula is C2H12O4Y2. The van der Waals surface area contributed by atoms with Crippen LogP contribution in [0.5, 0.6) is 0 Å². The van der Waals surface area contributed by atoms with Gasteiger partial charge in [0.1, 0.15) is 0 Å². The van der Waals surface area contributed by atoms with Gasteiger partial charge in [0.2, 0.25) is 0 Å². The van der Waals surface area contributed by atoms with Crippen LogP contribution in [-0.2, 0) is 65.4 Å². The van der Waals surface area contributed by atoms with Crippen molar-refractivity contribution in [2.24, 2.45) is 0 Å². The molecule has 0 saturated carbocycles. The SMILES string of the molecule is CCO.O.O.O.[Y].[Y]. The molecule has 0 aromatic heterocycles. The van der Waals surface area contributed by atoms with Crippen molar-refractivity contribution in [2.45, 2.75) is 6.92 Å². The Morgan fingerprint density at radius 3 is 1.00 bits per heavy atom. The molecule has 0 unspecified atom stereocenters. The third-order valence-electron chi connectivity index (χ3n) is 0. The van der Waals surface area contributed by atoms with E-state index >= 15 is 0 Å². The van der Waals surface area contributed by atoms with Crippen molar-refractivity contribution in [1.29, 1.82) is 0 Å². The van der Waals surface area contributed by atoms with Crippen LogP contribution >= 0.6 is 0 Å². The first-order valence-electron chi connectivity index (χ1n) is 1.02. The maximum atomic E-state index is 7.57. The quantitative estimate of drug-likeness (QED) is 0.519. The number of hydrogen-bond acceptors (Lipinski definition) is 1. The van der Waals surface area contributed by atoms with Crippen LogP contribution in [0, 0.1) is 0 Å². The summed E-state index contributed by atoms with van der Waals surface area (Å²) in [5.74, 6) is 0. The molecule has 0 aromatic carbocycles. The van der Waals surface area contributed by atoms with Crippen molar-refractivity contribution in [3.05, 3.63) is 0 Å². The van der Waals surface area contributed by atoms with Gasteiger partial charge >= 0.3 is 0 Å². The third-order valence-corrected chi connectivity index (χ3v) is 0. The van der Waals surface area contributed by atoms with E-state index in [0.717, 1.165) is 0 Å². The van der Waals surface area contributed by atoms with Crippen molar-refractivity contribution in [2.75, 3.05) is 6.61 Å². The Balaban J connectivity index is -0.00000000200. The maximum absolute atomic E-state index is 7.57. The predicted octanol–water partition coefficient (Wildman–Crippen LogP) is -2.48. The van der Waals surface area contributed by atoms with Crippen LogP contribution in [0.3, 0.4) is 0 Å². The fourth-order valence-electron chi connectivity index (χ4n) is 0. The van der Waals surface area contributed by atoms with Crippen LogP contribution in [0.1, 0.15) is 6.92 Å². The number of hydrogen-bond donors (Lipinski definition) is 1. The van der Waals surface area contributed by atoms with E-state index < -0.39 is 0 Å². The van der Waals surface area contributed by atoms with E-state index in [4.69, 9.17) is 5.11 Å². The molecular weight excluding hydrogens is 266 g/mol. The number of rotatable bonds is 0. The molecule has 0 aliphatic heterocycles. The van der Waals surface area contributed by atoms with Crippen LogP contribution < -0.4 is 0 Å². The molecule has 4 nitrogen and oxygen atoms in total. The Morgan fingerprint density at radius 1 is 1.00 bits per heavy atom. The normalized spacial score (nSPS) is 2.25. The molecule has 0 aliphatic rings. The maximum Gasteiger partial charge on any atom is 0.0402 e. The largest absolute Gasteiger partial charge is 0.412 e. The van der Waals surface area contributed by atoms with E-state index in [-0.39, 0.29) is 88.5 Å². The molecule has 0 saturated heterocycles. The van der Waals surface area contributed by atoms with Gasteiger partial charge in [0.05, 0.1) is 0 Å². The minimum absolute atomic E-state index is 0. The summed E-state index contributed by atoms with van der Waals surface area (Å²) in [7, 11) is 0. The summed E-state index contributed by atoms with van der Waals surface area (Å²) < 4.78 is 0. The van der Waals surface area contributed by atoms with Gasteiger partial charge in [-0.25, -0.2) is 0 Å². The molecule has 2 radical (unpaired) electrons. The fourth-order valence-corrected chi connectivity index (χ4v) is 0. The molecule has 0 bridgehead atoms. The zero-order chi connectivity index (χ0) is 2.71. The molecule has 7 N–H and O–H groups in total. The fraction of sp³-hybridized carbons (Fsp3) is 1.00. The van der Waals surface area contributed by atoms with Crippen molar-refractivity contribution in [1.82, 2.24) is 0 Å². The second-order valence-electron chi connectivity index (χ2n) is 0.316. The summed E-state index contributed by atoms with van der Waals surface area (Å²) in [6.07, 6.45) is 0. The van der Waals surface area contributed by atoms with Gasteiger partial charge in [0, 0.05) is 72.0 Å². The molecule has 0 rings (SSSR count). The first-order chi connectivity index (χ1) is 1.41. The second-order valence-corrected chi connectivity index (χ2v) is 0.316. The average molecular weight is 278 g/mol. The predicted molar refractivity (Wildman–Crippen MR) is 23.6 cm³/mol. The standard InChI is InChI=1S/C2H6O.3H2O.2Y/c1-2-3;;;;;/h3H,2H2,1H3;3*1H2;;. The van der Waals surface area contributed by atoms with Gasteiger partial charge in [-0.2, -0.15) is 0 Å². The molecule has 0 heterocycles. The van der Waals surface area contributed by atoms with Crippen LogP contribution in [0.15, 0.2) is 0 Å². The van der Waals surface area contributed by atoms with Crippen LogP contribution in [-0.4, -0.2) is 28.1 Å². The van der Waals surface area contributed by atoms with Crippen LogP contribution in [0.2, 0.25) is 0 Å². The Labute approximate surface area is 99.1 Å². The monoisotopic (exact) mass is 278 g/mol. The first-order valence-corrected chi connectivity index (χ1v) is 1.02. The number of aliphatic hydroxyl groups is 1. The smallest absolute Gasteiger partial charge is 0.0402 e. The van der Waals surface area contributed by atoms with Gasteiger partial charge in [0.15, 0.2) is 0 Å². The minimum atomic E-state index is 0. The topological polar surface area (TPSA) is 115 Å². The van der Waals surface area contributed by atoms with Crippen molar-refractivity contribution < 1.29 is 87.0 Å². The molecule has 0 spiro atoms. The van der Waals surface area contributed by atoms with E-state index in [0.29, 0.717) is 0 Å². The molecule has 0 aliphatic carbocycles. The average Bonchev–Trinajstić information content (AvgIpc) is 0.918. The third kappa shape index (κ3) is 95.3. The van der Waals surface area contributed by atoms with Crippen molar-refractivity contribution >= 4 is 0 Å². The van der Waals surface area contributed by atoms with Crippen LogP contribution in [0.4, 0.5) is 0 Å². The first kappa shape index (κ1) is 50.2. The van der Waals surface area contributed by atoms with Gasteiger partial charge in [-0.3, -0.25) is 0 Å². The Hall–Kier alpha value is 2.05. The summed E-state index contributed by atoms with van der Waals surface area (Å²) in [6, 6.07) is 0. The molecule has 0 amide bonds.